The molecule has 0 unspecified atom stereocenters. The average Bonchev–Trinajstić information content (AvgIpc) is 3.14. The van der Waals surface area contributed by atoms with Crippen LogP contribution in [0.3, 0.4) is 0 Å². The third-order valence-corrected chi connectivity index (χ3v) is 6.67. The second-order valence-electron chi connectivity index (χ2n) is 6.15. The molecule has 28 heavy (non-hydrogen) atoms. The highest BCUT2D eigenvalue weighted by Gasteiger charge is 2.14. The lowest BCUT2D eigenvalue weighted by Gasteiger charge is -2.03. The number of hydrogen-bond acceptors (Lipinski definition) is 7. The average molecular weight is 430 g/mol. The third kappa shape index (κ3) is 3.46. The van der Waals surface area contributed by atoms with Crippen LogP contribution < -0.4 is 10.9 Å². The summed E-state index contributed by atoms with van der Waals surface area (Å²) in [4.78, 5) is 24.2. The van der Waals surface area contributed by atoms with Crippen LogP contribution in [0, 0.1) is 20.8 Å². The van der Waals surface area contributed by atoms with Gasteiger partial charge in [0.25, 0.3) is 5.56 Å². The van der Waals surface area contributed by atoms with E-state index < -0.39 is 0 Å². The molecule has 0 aliphatic heterocycles. The number of aryl methyl sites for hydroxylation is 3. The third-order valence-electron chi connectivity index (χ3n) is 4.27. The summed E-state index contributed by atoms with van der Waals surface area (Å²) in [6.45, 7) is 5.68. The number of aromatic nitrogens is 3. The first-order valence-electron chi connectivity index (χ1n) is 8.46. The number of nitrogens with one attached hydrogen (secondary N) is 1. The molecule has 4 rings (SSSR count). The van der Waals surface area contributed by atoms with Crippen molar-refractivity contribution in [3.63, 3.8) is 0 Å². The Kier molecular flexibility index (Phi) is 5.01. The highest BCUT2D eigenvalue weighted by atomic mass is 35.5. The fourth-order valence-electron chi connectivity index (χ4n) is 2.72. The van der Waals surface area contributed by atoms with Gasteiger partial charge in [0.15, 0.2) is 10.3 Å². The molecule has 0 radical (unpaired) electrons. The maximum Gasteiger partial charge on any atom is 0.283 e. The van der Waals surface area contributed by atoms with Gasteiger partial charge in [0.05, 0.1) is 16.5 Å². The molecule has 3 aromatic heterocycles. The predicted octanol–water partition coefficient (Wildman–Crippen LogP) is 5.12. The van der Waals surface area contributed by atoms with Gasteiger partial charge in [0.1, 0.15) is 10.7 Å². The van der Waals surface area contributed by atoms with Crippen molar-refractivity contribution in [2.45, 2.75) is 20.8 Å². The Bertz CT molecular complexity index is 1260. The van der Waals surface area contributed by atoms with E-state index in [0.29, 0.717) is 26.4 Å². The van der Waals surface area contributed by atoms with Gasteiger partial charge >= 0.3 is 0 Å². The largest absolute Gasteiger partial charge is 0.331 e. The Morgan fingerprint density at radius 2 is 1.89 bits per heavy atom. The summed E-state index contributed by atoms with van der Waals surface area (Å²) in [6.07, 6.45) is 1.55. The zero-order chi connectivity index (χ0) is 19.8. The Labute approximate surface area is 174 Å². The van der Waals surface area contributed by atoms with Gasteiger partial charge in [-0.1, -0.05) is 41.1 Å². The summed E-state index contributed by atoms with van der Waals surface area (Å²) in [5, 5.41) is 9.14. The molecule has 4 aromatic rings. The number of para-hydroxylation sites is 1. The van der Waals surface area contributed by atoms with E-state index in [4.69, 9.17) is 11.6 Å². The molecule has 9 heteroatoms. The lowest BCUT2D eigenvalue weighted by Crippen LogP contribution is -2.20. The second-order valence-corrected chi connectivity index (χ2v) is 8.74. The Morgan fingerprint density at radius 3 is 2.64 bits per heavy atom. The van der Waals surface area contributed by atoms with Gasteiger partial charge in [0.2, 0.25) is 0 Å². The smallest absolute Gasteiger partial charge is 0.283 e. The van der Waals surface area contributed by atoms with Crippen LogP contribution in [0.1, 0.15) is 21.1 Å². The van der Waals surface area contributed by atoms with Crippen LogP contribution in [-0.4, -0.2) is 20.9 Å². The van der Waals surface area contributed by atoms with Crippen molar-refractivity contribution >= 4 is 61.5 Å². The number of nitrogens with zero attached hydrogens (tertiary/aromatic N) is 4. The van der Waals surface area contributed by atoms with E-state index in [0.717, 1.165) is 21.0 Å². The van der Waals surface area contributed by atoms with Crippen LogP contribution in [0.4, 0.5) is 10.8 Å². The second kappa shape index (κ2) is 7.46. The molecule has 0 aliphatic rings. The number of rotatable bonds is 4. The summed E-state index contributed by atoms with van der Waals surface area (Å²) in [5.74, 6) is 0.526. The van der Waals surface area contributed by atoms with Crippen molar-refractivity contribution in [3.8, 4) is 0 Å². The number of halogens is 1. The van der Waals surface area contributed by atoms with Crippen molar-refractivity contribution in [2.24, 2.45) is 5.10 Å². The maximum atomic E-state index is 12.9. The fraction of sp³-hybridized carbons (Fsp3) is 0.158. The number of anilines is 2. The molecular formula is C19H16ClN5OS2. The number of thiazole rings is 1. The molecule has 0 saturated heterocycles. The highest BCUT2D eigenvalue weighted by molar-refractivity contribution is 7.18. The summed E-state index contributed by atoms with van der Waals surface area (Å²) < 4.78 is 1.31. The van der Waals surface area contributed by atoms with Gasteiger partial charge < -0.3 is 5.32 Å². The van der Waals surface area contributed by atoms with Gasteiger partial charge in [-0.2, -0.15) is 9.78 Å². The van der Waals surface area contributed by atoms with Crippen molar-refractivity contribution < 1.29 is 0 Å². The molecule has 0 saturated carbocycles. The van der Waals surface area contributed by atoms with E-state index in [1.807, 2.05) is 44.2 Å². The minimum Gasteiger partial charge on any atom is -0.331 e. The van der Waals surface area contributed by atoms with E-state index in [1.54, 1.807) is 13.1 Å². The molecule has 1 N–H and O–H groups in total. The predicted molar refractivity (Wildman–Crippen MR) is 118 cm³/mol. The first-order valence-corrected chi connectivity index (χ1v) is 10.5. The zero-order valence-corrected chi connectivity index (χ0v) is 17.7. The first kappa shape index (κ1) is 18.8. The molecule has 3 heterocycles. The number of hydrogen-bond donors (Lipinski definition) is 1. The molecule has 0 bridgehead atoms. The Balaban J connectivity index is 1.68. The van der Waals surface area contributed by atoms with Gasteiger partial charge in [-0.25, -0.2) is 9.97 Å². The summed E-state index contributed by atoms with van der Waals surface area (Å²) in [5.41, 5.74) is 1.69. The van der Waals surface area contributed by atoms with Crippen molar-refractivity contribution in [1.82, 2.24) is 14.6 Å². The van der Waals surface area contributed by atoms with Crippen molar-refractivity contribution in [2.75, 3.05) is 5.32 Å². The Morgan fingerprint density at radius 1 is 1.14 bits per heavy atom. The van der Waals surface area contributed by atoms with Gasteiger partial charge in [-0.05, 0) is 38.5 Å². The van der Waals surface area contributed by atoms with Crippen LogP contribution in [0.5, 0.6) is 0 Å². The van der Waals surface area contributed by atoms with Crippen LogP contribution in [0.25, 0.3) is 10.2 Å². The highest BCUT2D eigenvalue weighted by Crippen LogP contribution is 2.28. The molecule has 0 fully saturated rings. The standard InChI is InChI=1S/C19H16ClN5OS2/c1-10-11(2)27-17-15(10)18(26)25(12(3)22-17)21-9-14-16(20)24-19(28-14)23-13-7-5-4-6-8-13/h4-9H,1-3H3,(H,23,24). The number of thiophene rings is 1. The topological polar surface area (TPSA) is 72.2 Å². The summed E-state index contributed by atoms with van der Waals surface area (Å²) in [7, 11) is 0. The summed E-state index contributed by atoms with van der Waals surface area (Å²) in [6, 6.07) is 9.70. The minimum atomic E-state index is -0.177. The van der Waals surface area contributed by atoms with Crippen molar-refractivity contribution in [3.05, 3.63) is 67.0 Å². The van der Waals surface area contributed by atoms with Crippen LogP contribution in [0.15, 0.2) is 40.2 Å². The molecule has 0 aliphatic carbocycles. The van der Waals surface area contributed by atoms with E-state index in [9.17, 15) is 4.79 Å². The van der Waals surface area contributed by atoms with E-state index in [1.165, 1.54) is 27.3 Å². The molecular weight excluding hydrogens is 414 g/mol. The van der Waals surface area contributed by atoms with Gasteiger partial charge in [-0.3, -0.25) is 4.79 Å². The number of benzene rings is 1. The maximum absolute atomic E-state index is 12.9. The van der Waals surface area contributed by atoms with E-state index in [-0.39, 0.29) is 5.56 Å². The van der Waals surface area contributed by atoms with Crippen LogP contribution in [0.2, 0.25) is 5.15 Å². The van der Waals surface area contributed by atoms with Crippen LogP contribution in [-0.2, 0) is 0 Å². The van der Waals surface area contributed by atoms with Gasteiger partial charge in [-0.15, -0.1) is 11.3 Å². The van der Waals surface area contributed by atoms with E-state index in [2.05, 4.69) is 20.4 Å². The Hall–Kier alpha value is -2.55. The lowest BCUT2D eigenvalue weighted by molar-refractivity contribution is 0.772. The quantitative estimate of drug-likeness (QED) is 0.457. The summed E-state index contributed by atoms with van der Waals surface area (Å²) >= 11 is 9.13. The molecule has 6 nitrogen and oxygen atoms in total. The fourth-order valence-corrected chi connectivity index (χ4v) is 4.83. The molecule has 142 valence electrons. The molecule has 0 spiro atoms. The number of fused-ring (bicyclic) bond motifs is 1. The minimum absolute atomic E-state index is 0.177. The lowest BCUT2D eigenvalue weighted by atomic mass is 10.2. The molecule has 0 atom stereocenters. The van der Waals surface area contributed by atoms with Crippen LogP contribution >= 0.6 is 34.3 Å². The van der Waals surface area contributed by atoms with E-state index >= 15 is 0 Å². The molecule has 1 aromatic carbocycles. The SMILES string of the molecule is Cc1sc2nc(C)n(N=Cc3sc(Nc4ccccc4)nc3Cl)c(=O)c2c1C. The van der Waals surface area contributed by atoms with Gasteiger partial charge in [0, 0.05) is 10.6 Å². The molecule has 0 amide bonds. The first-order chi connectivity index (χ1) is 13.4. The monoisotopic (exact) mass is 429 g/mol. The van der Waals surface area contributed by atoms with Crippen molar-refractivity contribution in [1.29, 1.82) is 0 Å². The zero-order valence-electron chi connectivity index (χ0n) is 15.4. The normalized spacial score (nSPS) is 11.6.